The monoisotopic (exact) mass is 766 g/mol. The van der Waals surface area contributed by atoms with Gasteiger partial charge in [0.25, 0.3) is 0 Å². The lowest BCUT2D eigenvalue weighted by Gasteiger charge is -2.22. The van der Waals surface area contributed by atoms with Crippen molar-refractivity contribution in [3.8, 4) is 12.1 Å². The third kappa shape index (κ3) is 7.09. The molecule has 0 saturated carbocycles. The average Bonchev–Trinajstić information content (AvgIpc) is 3.99. The van der Waals surface area contributed by atoms with Crippen molar-refractivity contribution in [2.24, 2.45) is 11.8 Å². The molecule has 0 N–H and O–H groups in total. The van der Waals surface area contributed by atoms with Gasteiger partial charge in [0.15, 0.2) is 0 Å². The van der Waals surface area contributed by atoms with Gasteiger partial charge in [0.2, 0.25) is 23.6 Å². The number of rotatable bonds is 5. The topological polar surface area (TPSA) is 129 Å². The van der Waals surface area contributed by atoms with Crippen LogP contribution in [0, 0.1) is 34.5 Å². The number of nitriles is 2. The van der Waals surface area contributed by atoms with E-state index in [1.165, 1.54) is 0 Å². The van der Waals surface area contributed by atoms with E-state index in [0.717, 1.165) is 45.4 Å². The van der Waals surface area contributed by atoms with Crippen LogP contribution in [0.2, 0.25) is 0 Å². The van der Waals surface area contributed by atoms with E-state index in [0.29, 0.717) is 48.7 Å². The highest BCUT2D eigenvalue weighted by Gasteiger charge is 2.40. The predicted octanol–water partition coefficient (Wildman–Crippen LogP) is 6.41. The fourth-order valence-electron chi connectivity index (χ4n) is 7.55. The number of carbonyl (C=O) groups is 4. The Morgan fingerprint density at radius 1 is 0.698 bits per heavy atom. The molecule has 0 spiro atoms. The molecule has 4 aliphatic rings. The van der Waals surface area contributed by atoms with Gasteiger partial charge in [-0.1, -0.05) is 46.8 Å². The average molecular weight is 768 g/mol. The molecular formula is C42H35BrN6O4. The van der Waals surface area contributed by atoms with Crippen LogP contribution in [-0.2, 0) is 32.0 Å². The van der Waals surface area contributed by atoms with E-state index in [1.807, 2.05) is 30.3 Å². The van der Waals surface area contributed by atoms with E-state index in [1.54, 1.807) is 74.2 Å². The Bertz CT molecular complexity index is 2260. The quantitative estimate of drug-likeness (QED) is 0.231. The largest absolute Gasteiger partial charge is 0.312 e. The zero-order valence-electron chi connectivity index (χ0n) is 28.9. The van der Waals surface area contributed by atoms with E-state index < -0.39 is 0 Å². The number of amides is 4. The molecule has 0 aromatic heterocycles. The molecule has 0 radical (unpaired) electrons. The second-order valence-corrected chi connectivity index (χ2v) is 14.4. The normalized spacial score (nSPS) is 18.5. The lowest BCUT2D eigenvalue weighted by atomic mass is 10.1. The smallest absolute Gasteiger partial charge is 0.232 e. The summed E-state index contributed by atoms with van der Waals surface area (Å²) < 4.78 is 1.00. The maximum absolute atomic E-state index is 13.1. The van der Waals surface area contributed by atoms with Crippen molar-refractivity contribution in [3.63, 3.8) is 0 Å². The third-order valence-corrected chi connectivity index (χ3v) is 10.7. The van der Waals surface area contributed by atoms with Gasteiger partial charge in [0.05, 0.1) is 35.1 Å². The Balaban J connectivity index is 0.000000164. The number of benzene rings is 4. The lowest BCUT2D eigenvalue weighted by molar-refractivity contribution is -0.124. The third-order valence-electron chi connectivity index (χ3n) is 10.2. The van der Waals surface area contributed by atoms with Crippen LogP contribution >= 0.6 is 15.9 Å². The number of nitrogens with zero attached hydrogens (tertiary/aromatic N) is 6. The van der Waals surface area contributed by atoms with Crippen LogP contribution < -0.4 is 19.6 Å². The number of carbonyl (C=O) groups excluding carboxylic acids is 4. The lowest BCUT2D eigenvalue weighted by Crippen LogP contribution is -2.36. The maximum atomic E-state index is 13.1. The molecule has 0 bridgehead atoms. The first-order chi connectivity index (χ1) is 25.7. The van der Waals surface area contributed by atoms with Gasteiger partial charge in [0.1, 0.15) is 0 Å². The zero-order chi connectivity index (χ0) is 37.2. The van der Waals surface area contributed by atoms with Gasteiger partial charge in [0, 0.05) is 66.2 Å². The summed E-state index contributed by atoms with van der Waals surface area (Å²) in [5, 5.41) is 18.1. The molecule has 2 unspecified atom stereocenters. The van der Waals surface area contributed by atoms with Gasteiger partial charge in [-0.15, -0.1) is 0 Å². The number of hydrogen-bond acceptors (Lipinski definition) is 6. The van der Waals surface area contributed by atoms with E-state index >= 15 is 0 Å². The van der Waals surface area contributed by atoms with E-state index in [-0.39, 0.29) is 48.3 Å². The molecule has 4 aromatic rings. The van der Waals surface area contributed by atoms with Gasteiger partial charge in [-0.25, -0.2) is 0 Å². The molecule has 10 nitrogen and oxygen atoms in total. The summed E-state index contributed by atoms with van der Waals surface area (Å²) in [7, 11) is 0. The van der Waals surface area contributed by atoms with Crippen molar-refractivity contribution in [1.82, 2.24) is 0 Å². The number of fused-ring (bicyclic) bond motifs is 2. The first-order valence-corrected chi connectivity index (χ1v) is 18.2. The summed E-state index contributed by atoms with van der Waals surface area (Å²) in [5.41, 5.74) is 7.56. The van der Waals surface area contributed by atoms with Crippen molar-refractivity contribution >= 4 is 68.4 Å². The van der Waals surface area contributed by atoms with Crippen LogP contribution in [0.3, 0.4) is 0 Å². The number of anilines is 4. The predicted molar refractivity (Wildman–Crippen MR) is 206 cm³/mol. The molecule has 8 rings (SSSR count). The molecule has 2 saturated heterocycles. The Morgan fingerprint density at radius 3 is 1.68 bits per heavy atom. The van der Waals surface area contributed by atoms with Crippen molar-refractivity contribution in [1.29, 1.82) is 10.5 Å². The molecule has 4 aromatic carbocycles. The number of hydrogen-bond donors (Lipinski definition) is 0. The fraction of sp³-hybridized carbons (Fsp3) is 0.238. The van der Waals surface area contributed by atoms with Crippen molar-refractivity contribution in [3.05, 3.63) is 124 Å². The summed E-state index contributed by atoms with van der Waals surface area (Å²) >= 11 is 3.46. The molecular weight excluding hydrogens is 732 g/mol. The van der Waals surface area contributed by atoms with Crippen LogP contribution in [0.1, 0.15) is 40.7 Å². The first-order valence-electron chi connectivity index (χ1n) is 17.4. The SMILES string of the molecule is C=Cc1ccc2c(c1)CCN2C(=O)C1CC(=O)N(c2cccc(C#N)c2)C1.N#Cc1cccc(N2CC(C(=O)N3CCc4cc(Br)ccc43)CC2=O)c1. The van der Waals surface area contributed by atoms with Crippen LogP contribution in [0.25, 0.3) is 6.08 Å². The minimum absolute atomic E-state index is 0.00152. The highest BCUT2D eigenvalue weighted by atomic mass is 79.9. The molecule has 264 valence electrons. The van der Waals surface area contributed by atoms with Gasteiger partial charge < -0.3 is 19.6 Å². The fourth-order valence-corrected chi connectivity index (χ4v) is 7.96. The molecule has 2 atom stereocenters. The Labute approximate surface area is 316 Å². The molecule has 4 aliphatic heterocycles. The summed E-state index contributed by atoms with van der Waals surface area (Å²) in [6.07, 6.45) is 3.85. The standard InChI is InChI=1S/C22H19N3O2.C20H16BrN3O2/c1-2-15-6-7-20-17(10-15)8-9-24(20)22(27)18-12-21(26)25(14-18)19-5-3-4-16(11-19)13-23;21-16-4-5-18-14(9-16)6-7-23(18)20(26)15-10-19(25)24(12-15)17-3-1-2-13(8-17)11-22/h2-7,10-11,18H,1,8-9,12,14H2;1-5,8-9,15H,6-7,10,12H2. The minimum atomic E-state index is -0.367. The Hall–Kier alpha value is -6.04. The molecule has 53 heavy (non-hydrogen) atoms. The van der Waals surface area contributed by atoms with Crippen LogP contribution in [-0.4, -0.2) is 49.8 Å². The second kappa shape index (κ2) is 14.9. The Morgan fingerprint density at radius 2 is 1.19 bits per heavy atom. The second-order valence-electron chi connectivity index (χ2n) is 13.5. The number of halogens is 1. The van der Waals surface area contributed by atoms with Gasteiger partial charge in [-0.05, 0) is 96.3 Å². The highest BCUT2D eigenvalue weighted by Crippen LogP contribution is 2.35. The van der Waals surface area contributed by atoms with Gasteiger partial charge in [-0.2, -0.15) is 10.5 Å². The van der Waals surface area contributed by atoms with Crippen molar-refractivity contribution < 1.29 is 19.2 Å². The Kier molecular flexibility index (Phi) is 9.94. The van der Waals surface area contributed by atoms with Gasteiger partial charge in [-0.3, -0.25) is 19.2 Å². The zero-order valence-corrected chi connectivity index (χ0v) is 30.5. The maximum Gasteiger partial charge on any atom is 0.232 e. The first kappa shape index (κ1) is 35.4. The summed E-state index contributed by atoms with van der Waals surface area (Å²) in [6.45, 7) is 5.79. The minimum Gasteiger partial charge on any atom is -0.312 e. The van der Waals surface area contributed by atoms with Crippen LogP contribution in [0.15, 0.2) is 96.0 Å². The summed E-state index contributed by atoms with van der Waals surface area (Å²) in [5.74, 6) is -0.889. The van der Waals surface area contributed by atoms with E-state index in [2.05, 4.69) is 40.7 Å². The molecule has 0 aliphatic carbocycles. The molecule has 2 fully saturated rings. The van der Waals surface area contributed by atoms with Crippen molar-refractivity contribution in [2.45, 2.75) is 25.7 Å². The van der Waals surface area contributed by atoms with E-state index in [4.69, 9.17) is 10.5 Å². The van der Waals surface area contributed by atoms with Gasteiger partial charge >= 0.3 is 0 Å². The van der Waals surface area contributed by atoms with E-state index in [9.17, 15) is 19.2 Å². The highest BCUT2D eigenvalue weighted by molar-refractivity contribution is 9.10. The van der Waals surface area contributed by atoms with Crippen molar-refractivity contribution in [2.75, 3.05) is 45.8 Å². The summed E-state index contributed by atoms with van der Waals surface area (Å²) in [6, 6.07) is 30.0. The molecule has 4 heterocycles. The molecule has 4 amide bonds. The molecule has 11 heteroatoms. The summed E-state index contributed by atoms with van der Waals surface area (Å²) in [4.78, 5) is 57.9. The van der Waals surface area contributed by atoms with Crippen LogP contribution in [0.5, 0.6) is 0 Å². The van der Waals surface area contributed by atoms with Crippen LogP contribution in [0.4, 0.5) is 22.7 Å².